The maximum atomic E-state index is 12.2. The monoisotopic (exact) mass is 414 g/mol. The number of hydrogen-bond donors (Lipinski definition) is 1. The van der Waals surface area contributed by atoms with Crippen molar-refractivity contribution in [2.24, 2.45) is 0 Å². The third-order valence-corrected chi connectivity index (χ3v) is 5.38. The van der Waals surface area contributed by atoms with Gasteiger partial charge in [0, 0.05) is 23.1 Å². The molecule has 0 aliphatic carbocycles. The van der Waals surface area contributed by atoms with Gasteiger partial charge in [-0.05, 0) is 38.1 Å². The molecule has 0 aromatic heterocycles. The van der Waals surface area contributed by atoms with Crippen molar-refractivity contribution in [2.75, 3.05) is 28.4 Å². The summed E-state index contributed by atoms with van der Waals surface area (Å²) in [7, 11) is 6.08. The number of Topliss-reactive ketones (excluding diaryl/α,β-unsaturated/α-hetero) is 1. The van der Waals surface area contributed by atoms with Crippen LogP contribution in [0, 0.1) is 0 Å². The number of hydrogen-bond acceptors (Lipinski definition) is 7. The number of methoxy groups -OCH3 is 4. The first-order chi connectivity index (χ1) is 14.3. The van der Waals surface area contributed by atoms with Crippen molar-refractivity contribution in [1.82, 2.24) is 0 Å². The highest BCUT2D eigenvalue weighted by Gasteiger charge is 2.45. The predicted octanol–water partition coefficient (Wildman–Crippen LogP) is 3.95. The molecule has 2 aromatic carbocycles. The number of allylic oxidation sites excluding steroid dienone is 1. The van der Waals surface area contributed by atoms with E-state index in [1.165, 1.54) is 35.4 Å². The summed E-state index contributed by atoms with van der Waals surface area (Å²) >= 11 is 0. The lowest BCUT2D eigenvalue weighted by molar-refractivity contribution is -0.113. The second kappa shape index (κ2) is 8.18. The second-order valence-corrected chi connectivity index (χ2v) is 7.00. The van der Waals surface area contributed by atoms with Gasteiger partial charge in [-0.1, -0.05) is 6.07 Å². The molecule has 1 unspecified atom stereocenters. The summed E-state index contributed by atoms with van der Waals surface area (Å²) in [6.45, 7) is 3.28. The number of aromatic hydroxyl groups is 1. The Kier molecular flexibility index (Phi) is 5.82. The molecule has 0 radical (unpaired) electrons. The number of rotatable bonds is 7. The highest BCUT2D eigenvalue weighted by molar-refractivity contribution is 5.94. The van der Waals surface area contributed by atoms with Gasteiger partial charge < -0.3 is 28.8 Å². The van der Waals surface area contributed by atoms with Crippen LogP contribution in [0.5, 0.6) is 28.7 Å². The summed E-state index contributed by atoms with van der Waals surface area (Å²) in [5.74, 6) is 2.15. The van der Waals surface area contributed by atoms with E-state index >= 15 is 0 Å². The molecular formula is C23H26O7. The fraction of sp³-hybridized carbons (Fsp3) is 0.348. The first-order valence-electron chi connectivity index (χ1n) is 9.39. The van der Waals surface area contributed by atoms with E-state index < -0.39 is 5.60 Å². The molecule has 0 amide bonds. The predicted molar refractivity (Wildman–Crippen MR) is 111 cm³/mol. The standard InChI is InChI=1S/C23H26O7/c1-13(24)17-12-23(30-14(17)2,15-7-8-19(26-3)18(25)9-15)16-10-20(27-4)22(29-6)21(11-16)28-5/h7-11,25H,12H2,1-6H3. The Bertz CT molecular complexity index is 984. The molecule has 1 N–H and O–H groups in total. The number of benzene rings is 2. The number of phenols is 1. The van der Waals surface area contributed by atoms with E-state index in [9.17, 15) is 9.90 Å². The van der Waals surface area contributed by atoms with Gasteiger partial charge in [-0.3, -0.25) is 4.79 Å². The Balaban J connectivity index is 2.27. The molecule has 0 saturated carbocycles. The fourth-order valence-corrected chi connectivity index (χ4v) is 3.85. The largest absolute Gasteiger partial charge is 0.504 e. The van der Waals surface area contributed by atoms with Crippen LogP contribution in [0.15, 0.2) is 41.7 Å². The first kappa shape index (κ1) is 21.4. The summed E-state index contributed by atoms with van der Waals surface area (Å²) in [4.78, 5) is 12.2. The van der Waals surface area contributed by atoms with E-state index in [0.29, 0.717) is 51.9 Å². The topological polar surface area (TPSA) is 83.5 Å². The van der Waals surface area contributed by atoms with Crippen LogP contribution in [-0.2, 0) is 15.1 Å². The van der Waals surface area contributed by atoms with E-state index in [1.54, 1.807) is 37.3 Å². The molecule has 30 heavy (non-hydrogen) atoms. The SMILES string of the molecule is COc1ccc(C2(c3cc(OC)c(OC)c(OC)c3)CC(C(C)=O)=C(C)O2)cc1O. The zero-order valence-electron chi connectivity index (χ0n) is 18.0. The quantitative estimate of drug-likeness (QED) is 0.734. The first-order valence-corrected chi connectivity index (χ1v) is 9.39. The molecule has 0 saturated heterocycles. The van der Waals surface area contributed by atoms with E-state index in [2.05, 4.69) is 0 Å². The summed E-state index contributed by atoms with van der Waals surface area (Å²) in [5, 5.41) is 10.4. The van der Waals surface area contributed by atoms with Crippen LogP contribution in [0.2, 0.25) is 0 Å². The highest BCUT2D eigenvalue weighted by atomic mass is 16.5. The number of phenolic OH excluding ortho intramolecular Hbond substituents is 1. The van der Waals surface area contributed by atoms with Gasteiger partial charge in [0.1, 0.15) is 5.76 Å². The smallest absolute Gasteiger partial charge is 0.203 e. The van der Waals surface area contributed by atoms with Crippen LogP contribution in [0.3, 0.4) is 0 Å². The zero-order valence-corrected chi connectivity index (χ0v) is 18.0. The van der Waals surface area contributed by atoms with Crippen LogP contribution in [0.4, 0.5) is 0 Å². The normalized spacial score (nSPS) is 18.1. The van der Waals surface area contributed by atoms with Gasteiger partial charge in [0.15, 0.2) is 34.4 Å². The lowest BCUT2D eigenvalue weighted by atomic mass is 9.81. The van der Waals surface area contributed by atoms with Crippen molar-refractivity contribution in [1.29, 1.82) is 0 Å². The minimum atomic E-state index is -1.07. The van der Waals surface area contributed by atoms with Crippen LogP contribution in [0.25, 0.3) is 0 Å². The molecule has 3 rings (SSSR count). The Morgan fingerprint density at radius 3 is 1.97 bits per heavy atom. The van der Waals surface area contributed by atoms with E-state index in [4.69, 9.17) is 23.7 Å². The summed E-state index contributed by atoms with van der Waals surface area (Å²) in [6, 6.07) is 8.63. The lowest BCUT2D eigenvalue weighted by Crippen LogP contribution is -2.28. The summed E-state index contributed by atoms with van der Waals surface area (Å²) in [6.07, 6.45) is 0.290. The average molecular weight is 414 g/mol. The average Bonchev–Trinajstić information content (AvgIpc) is 3.11. The van der Waals surface area contributed by atoms with Gasteiger partial charge in [-0.2, -0.15) is 0 Å². The Morgan fingerprint density at radius 1 is 0.933 bits per heavy atom. The second-order valence-electron chi connectivity index (χ2n) is 7.00. The maximum absolute atomic E-state index is 12.2. The van der Waals surface area contributed by atoms with E-state index in [1.807, 2.05) is 0 Å². The molecule has 1 atom stereocenters. The van der Waals surface area contributed by atoms with Crippen molar-refractivity contribution in [2.45, 2.75) is 25.9 Å². The molecule has 1 aliphatic rings. The molecular weight excluding hydrogens is 388 g/mol. The number of carbonyl (C=O) groups is 1. The van der Waals surface area contributed by atoms with Crippen molar-refractivity contribution in [3.05, 3.63) is 52.8 Å². The Morgan fingerprint density at radius 2 is 1.53 bits per heavy atom. The van der Waals surface area contributed by atoms with Gasteiger partial charge in [0.25, 0.3) is 0 Å². The lowest BCUT2D eigenvalue weighted by Gasteiger charge is -2.32. The maximum Gasteiger partial charge on any atom is 0.203 e. The zero-order chi connectivity index (χ0) is 22.1. The van der Waals surface area contributed by atoms with Gasteiger partial charge in [0.05, 0.1) is 28.4 Å². The van der Waals surface area contributed by atoms with E-state index in [0.717, 1.165) is 0 Å². The number of ether oxygens (including phenoxy) is 5. The number of carbonyl (C=O) groups excluding carboxylic acids is 1. The molecule has 0 spiro atoms. The Labute approximate surface area is 175 Å². The molecule has 1 aliphatic heterocycles. The van der Waals surface area contributed by atoms with Gasteiger partial charge >= 0.3 is 0 Å². The molecule has 7 nitrogen and oxygen atoms in total. The highest BCUT2D eigenvalue weighted by Crippen LogP contribution is 2.51. The summed E-state index contributed by atoms with van der Waals surface area (Å²) < 4.78 is 28.0. The van der Waals surface area contributed by atoms with Crippen LogP contribution < -0.4 is 18.9 Å². The third kappa shape index (κ3) is 3.40. The minimum Gasteiger partial charge on any atom is -0.504 e. The molecule has 0 bridgehead atoms. The van der Waals surface area contributed by atoms with Crippen LogP contribution in [0.1, 0.15) is 31.4 Å². The minimum absolute atomic E-state index is 0.0284. The van der Waals surface area contributed by atoms with Crippen molar-refractivity contribution >= 4 is 5.78 Å². The summed E-state index contributed by atoms with van der Waals surface area (Å²) in [5.41, 5.74) is 0.865. The third-order valence-electron chi connectivity index (χ3n) is 5.38. The van der Waals surface area contributed by atoms with Gasteiger partial charge in [-0.25, -0.2) is 0 Å². The molecule has 0 fully saturated rings. The van der Waals surface area contributed by atoms with Crippen LogP contribution >= 0.6 is 0 Å². The molecule has 7 heteroatoms. The van der Waals surface area contributed by atoms with Crippen molar-refractivity contribution < 1.29 is 33.6 Å². The van der Waals surface area contributed by atoms with Gasteiger partial charge in [0.2, 0.25) is 5.75 Å². The van der Waals surface area contributed by atoms with Crippen LogP contribution in [-0.4, -0.2) is 39.3 Å². The van der Waals surface area contributed by atoms with Crippen molar-refractivity contribution in [3.63, 3.8) is 0 Å². The number of ketones is 1. The molecule has 1 heterocycles. The van der Waals surface area contributed by atoms with Crippen molar-refractivity contribution in [3.8, 4) is 28.7 Å². The molecule has 2 aromatic rings. The Hall–Kier alpha value is -3.35. The molecule has 160 valence electrons. The fourth-order valence-electron chi connectivity index (χ4n) is 3.85. The van der Waals surface area contributed by atoms with Gasteiger partial charge in [-0.15, -0.1) is 0 Å². The van der Waals surface area contributed by atoms with E-state index in [-0.39, 0.29) is 11.5 Å².